The molecular weight excluding hydrogens is 292 g/mol. The molecule has 1 aliphatic rings. The van der Waals surface area contributed by atoms with Gasteiger partial charge in [-0.25, -0.2) is 4.90 Å². The number of hydrogen-bond donors (Lipinski definition) is 1. The Morgan fingerprint density at radius 3 is 2.43 bits per heavy atom. The number of carbonyl (C=O) groups is 2. The molecule has 1 amide bonds. The lowest BCUT2D eigenvalue weighted by atomic mass is 10.1. The number of carbonyl (C=O) groups excluding carboxylic acids is 2. The van der Waals surface area contributed by atoms with Crippen molar-refractivity contribution in [1.82, 2.24) is 15.2 Å². The molecule has 6 heteroatoms. The van der Waals surface area contributed by atoms with Crippen LogP contribution in [0.5, 0.6) is 0 Å². The van der Waals surface area contributed by atoms with E-state index in [0.717, 1.165) is 11.1 Å². The molecule has 1 N–H and O–H groups in total. The van der Waals surface area contributed by atoms with Crippen LogP contribution in [0.15, 0.2) is 48.5 Å². The smallest absolute Gasteiger partial charge is 0.283 e. The van der Waals surface area contributed by atoms with Gasteiger partial charge in [-0.2, -0.15) is 4.98 Å². The van der Waals surface area contributed by atoms with E-state index in [-0.39, 0.29) is 5.95 Å². The Balaban J connectivity index is 1.80. The topological polar surface area (TPSA) is 79.0 Å². The van der Waals surface area contributed by atoms with Crippen molar-refractivity contribution in [2.24, 2.45) is 0 Å². The van der Waals surface area contributed by atoms with Crippen LogP contribution in [0.4, 0.5) is 11.6 Å². The van der Waals surface area contributed by atoms with E-state index in [2.05, 4.69) is 15.2 Å². The zero-order valence-electron chi connectivity index (χ0n) is 12.3. The summed E-state index contributed by atoms with van der Waals surface area (Å²) >= 11 is 0. The molecule has 2 heterocycles. The number of aryl methyl sites for hydroxylation is 1. The van der Waals surface area contributed by atoms with Gasteiger partial charge in [-0.1, -0.05) is 36.4 Å². The maximum atomic E-state index is 12.3. The highest BCUT2D eigenvalue weighted by molar-refractivity contribution is 6.53. The highest BCUT2D eigenvalue weighted by atomic mass is 16.2. The summed E-state index contributed by atoms with van der Waals surface area (Å²) in [6.07, 6.45) is 0. The standard InChI is InChI=1S/C17H12N4O2/c1-10-6-2-3-7-11(10)15-18-17(20-19-15)21-13-9-5-4-8-12(13)14(22)16(21)23/h2-9H,1H3,(H,18,19,20). The lowest BCUT2D eigenvalue weighted by molar-refractivity contribution is -0.113. The second-order valence-electron chi connectivity index (χ2n) is 5.29. The SMILES string of the molecule is Cc1ccccc1-c1nc(N2C(=O)C(=O)c3ccccc32)n[nH]1. The predicted octanol–water partition coefficient (Wildman–Crippen LogP) is 2.64. The molecule has 0 bridgehead atoms. The average Bonchev–Trinajstić information content (AvgIpc) is 3.13. The zero-order valence-corrected chi connectivity index (χ0v) is 12.3. The number of aromatic amines is 1. The van der Waals surface area contributed by atoms with Crippen molar-refractivity contribution in [3.8, 4) is 11.4 Å². The van der Waals surface area contributed by atoms with E-state index in [9.17, 15) is 9.59 Å². The third-order valence-electron chi connectivity index (χ3n) is 3.86. The van der Waals surface area contributed by atoms with Crippen LogP contribution in [-0.4, -0.2) is 26.9 Å². The Morgan fingerprint density at radius 2 is 1.65 bits per heavy atom. The molecule has 0 saturated carbocycles. The second kappa shape index (κ2) is 4.88. The minimum atomic E-state index is -0.637. The van der Waals surface area contributed by atoms with Crippen molar-refractivity contribution in [3.63, 3.8) is 0 Å². The van der Waals surface area contributed by atoms with Gasteiger partial charge in [0, 0.05) is 5.56 Å². The van der Waals surface area contributed by atoms with Gasteiger partial charge < -0.3 is 0 Å². The quantitative estimate of drug-likeness (QED) is 0.738. The fourth-order valence-corrected chi connectivity index (χ4v) is 2.70. The van der Waals surface area contributed by atoms with E-state index in [1.165, 1.54) is 4.90 Å². The van der Waals surface area contributed by atoms with Crippen LogP contribution in [0, 0.1) is 6.92 Å². The van der Waals surface area contributed by atoms with Gasteiger partial charge in [-0.3, -0.25) is 14.7 Å². The fraction of sp³-hybridized carbons (Fsp3) is 0.0588. The van der Waals surface area contributed by atoms with E-state index in [1.807, 2.05) is 31.2 Å². The lowest BCUT2D eigenvalue weighted by Crippen LogP contribution is -2.25. The van der Waals surface area contributed by atoms with Crippen LogP contribution < -0.4 is 4.90 Å². The average molecular weight is 304 g/mol. The number of hydrogen-bond acceptors (Lipinski definition) is 4. The zero-order chi connectivity index (χ0) is 16.0. The van der Waals surface area contributed by atoms with Crippen molar-refractivity contribution >= 4 is 23.3 Å². The third kappa shape index (κ3) is 1.96. The molecule has 0 saturated heterocycles. The Labute approximate surface area is 131 Å². The Bertz CT molecular complexity index is 945. The molecule has 4 rings (SSSR count). The van der Waals surface area contributed by atoms with Gasteiger partial charge in [0.05, 0.1) is 11.3 Å². The summed E-state index contributed by atoms with van der Waals surface area (Å²) in [4.78, 5) is 30.0. The number of amides is 1. The number of ketones is 1. The van der Waals surface area contributed by atoms with E-state index in [0.29, 0.717) is 17.1 Å². The van der Waals surface area contributed by atoms with Gasteiger partial charge in [-0.05, 0) is 24.6 Å². The number of para-hydroxylation sites is 1. The van der Waals surface area contributed by atoms with E-state index < -0.39 is 11.7 Å². The number of Topliss-reactive ketones (excluding diaryl/α,β-unsaturated/α-hetero) is 1. The molecule has 6 nitrogen and oxygen atoms in total. The fourth-order valence-electron chi connectivity index (χ4n) is 2.70. The first-order valence-electron chi connectivity index (χ1n) is 7.13. The summed E-state index contributed by atoms with van der Waals surface area (Å²) in [7, 11) is 0. The summed E-state index contributed by atoms with van der Waals surface area (Å²) in [6.45, 7) is 1.97. The van der Waals surface area contributed by atoms with Gasteiger partial charge in [0.1, 0.15) is 0 Å². The molecule has 0 aliphatic carbocycles. The molecule has 112 valence electrons. The van der Waals surface area contributed by atoms with Crippen molar-refractivity contribution in [2.75, 3.05) is 4.90 Å². The molecule has 0 spiro atoms. The summed E-state index contributed by atoms with van der Waals surface area (Å²) in [5.41, 5.74) is 2.83. The van der Waals surface area contributed by atoms with Gasteiger partial charge >= 0.3 is 5.91 Å². The molecule has 1 aromatic heterocycles. The van der Waals surface area contributed by atoms with Crippen molar-refractivity contribution in [3.05, 3.63) is 59.7 Å². The summed E-state index contributed by atoms with van der Waals surface area (Å²) in [5, 5.41) is 6.96. The minimum absolute atomic E-state index is 0.173. The van der Waals surface area contributed by atoms with Crippen LogP contribution in [0.25, 0.3) is 11.4 Å². The first-order chi connectivity index (χ1) is 11.2. The number of rotatable bonds is 2. The number of benzene rings is 2. The molecule has 3 aromatic rings. The molecule has 2 aromatic carbocycles. The highest BCUT2D eigenvalue weighted by Gasteiger charge is 2.38. The van der Waals surface area contributed by atoms with Gasteiger partial charge in [0.15, 0.2) is 5.82 Å². The monoisotopic (exact) mass is 304 g/mol. The lowest BCUT2D eigenvalue weighted by Gasteiger charge is -2.10. The second-order valence-corrected chi connectivity index (χ2v) is 5.29. The van der Waals surface area contributed by atoms with Crippen molar-refractivity contribution in [2.45, 2.75) is 6.92 Å². The van der Waals surface area contributed by atoms with E-state index in [4.69, 9.17) is 0 Å². The van der Waals surface area contributed by atoms with Gasteiger partial charge in [-0.15, -0.1) is 5.10 Å². The Morgan fingerprint density at radius 1 is 0.957 bits per heavy atom. The number of nitrogens with zero attached hydrogens (tertiary/aromatic N) is 3. The summed E-state index contributed by atoms with van der Waals surface area (Å²) in [6, 6.07) is 14.6. The highest BCUT2D eigenvalue weighted by Crippen LogP contribution is 2.34. The van der Waals surface area contributed by atoms with Crippen LogP contribution in [0.1, 0.15) is 15.9 Å². The molecule has 0 unspecified atom stereocenters. The normalized spacial score (nSPS) is 13.5. The summed E-state index contributed by atoms with van der Waals surface area (Å²) < 4.78 is 0. The Kier molecular flexibility index (Phi) is 2.84. The van der Waals surface area contributed by atoms with Crippen molar-refractivity contribution in [1.29, 1.82) is 0 Å². The number of aromatic nitrogens is 3. The number of anilines is 2. The molecule has 23 heavy (non-hydrogen) atoms. The van der Waals surface area contributed by atoms with Crippen LogP contribution in [-0.2, 0) is 4.79 Å². The summed E-state index contributed by atoms with van der Waals surface area (Å²) in [5.74, 6) is -0.446. The first-order valence-corrected chi connectivity index (χ1v) is 7.13. The first kappa shape index (κ1) is 13.4. The maximum absolute atomic E-state index is 12.3. The molecule has 0 atom stereocenters. The van der Waals surface area contributed by atoms with E-state index in [1.54, 1.807) is 24.3 Å². The number of fused-ring (bicyclic) bond motifs is 1. The minimum Gasteiger partial charge on any atom is -0.283 e. The molecular formula is C17H12N4O2. The number of nitrogens with one attached hydrogen (secondary N) is 1. The van der Waals surface area contributed by atoms with Gasteiger partial charge in [0.25, 0.3) is 11.7 Å². The largest absolute Gasteiger partial charge is 0.306 e. The van der Waals surface area contributed by atoms with Crippen molar-refractivity contribution < 1.29 is 9.59 Å². The molecule has 0 radical (unpaired) electrons. The van der Waals surface area contributed by atoms with E-state index >= 15 is 0 Å². The van der Waals surface area contributed by atoms with Crippen LogP contribution in [0.2, 0.25) is 0 Å². The Hall–Kier alpha value is -3.28. The molecule has 0 fully saturated rings. The van der Waals surface area contributed by atoms with Crippen LogP contribution >= 0.6 is 0 Å². The number of H-pyrrole nitrogens is 1. The maximum Gasteiger partial charge on any atom is 0.306 e. The molecule has 1 aliphatic heterocycles. The van der Waals surface area contributed by atoms with Gasteiger partial charge in [0.2, 0.25) is 0 Å². The predicted molar refractivity (Wildman–Crippen MR) is 84.5 cm³/mol. The van der Waals surface area contributed by atoms with Crippen LogP contribution in [0.3, 0.4) is 0 Å². The third-order valence-corrected chi connectivity index (χ3v) is 3.86.